The van der Waals surface area contributed by atoms with E-state index >= 15 is 0 Å². The predicted molar refractivity (Wildman–Crippen MR) is 96.3 cm³/mol. The molecule has 0 aromatic heterocycles. The second-order valence-corrected chi connectivity index (χ2v) is 5.71. The summed E-state index contributed by atoms with van der Waals surface area (Å²) in [5.74, 6) is 0.760. The topological polar surface area (TPSA) is 47.6 Å². The van der Waals surface area contributed by atoms with Crippen molar-refractivity contribution < 1.29 is 14.3 Å². The molecule has 0 aliphatic heterocycles. The molecule has 0 atom stereocenters. The molecule has 4 nitrogen and oxygen atoms in total. The van der Waals surface area contributed by atoms with Crippen molar-refractivity contribution in [2.75, 3.05) is 13.7 Å². The van der Waals surface area contributed by atoms with Gasteiger partial charge >= 0.3 is 0 Å². The van der Waals surface area contributed by atoms with Gasteiger partial charge in [-0.05, 0) is 30.3 Å². The van der Waals surface area contributed by atoms with Gasteiger partial charge in [0.2, 0.25) is 0 Å². The van der Waals surface area contributed by atoms with Gasteiger partial charge in [-0.2, -0.15) is 0 Å². The molecule has 0 spiro atoms. The van der Waals surface area contributed by atoms with Gasteiger partial charge < -0.3 is 14.8 Å². The van der Waals surface area contributed by atoms with Crippen LogP contribution in [0.25, 0.3) is 0 Å². The fourth-order valence-electron chi connectivity index (χ4n) is 1.97. The number of nitrogens with one attached hydrogen (secondary N) is 1. The smallest absolute Gasteiger partial charge is 0.251 e. The number of ether oxygens (including phenoxy) is 2. The first-order valence-corrected chi connectivity index (χ1v) is 7.97. The van der Waals surface area contributed by atoms with Gasteiger partial charge in [0.1, 0.15) is 13.2 Å². The number of benzene rings is 2. The molecule has 126 valence electrons. The van der Waals surface area contributed by atoms with E-state index in [4.69, 9.17) is 32.7 Å². The Morgan fingerprint density at radius 1 is 1.17 bits per heavy atom. The van der Waals surface area contributed by atoms with Crippen LogP contribution in [-0.4, -0.2) is 19.6 Å². The number of amides is 1. The highest BCUT2D eigenvalue weighted by Crippen LogP contribution is 2.30. The zero-order valence-electron chi connectivity index (χ0n) is 13.1. The molecule has 0 radical (unpaired) electrons. The zero-order chi connectivity index (χ0) is 17.5. The van der Waals surface area contributed by atoms with Crippen molar-refractivity contribution in [3.63, 3.8) is 0 Å². The Morgan fingerprint density at radius 2 is 1.96 bits per heavy atom. The molecule has 0 saturated carbocycles. The molecule has 0 aliphatic carbocycles. The van der Waals surface area contributed by atoms with Gasteiger partial charge in [-0.15, -0.1) is 0 Å². The lowest BCUT2D eigenvalue weighted by molar-refractivity contribution is 0.0962. The van der Waals surface area contributed by atoms with Gasteiger partial charge in [0.25, 0.3) is 5.91 Å². The molecule has 2 aromatic rings. The Balaban J connectivity index is 2.24. The molecule has 0 aliphatic rings. The molecule has 0 heterocycles. The molecule has 6 heteroatoms. The van der Waals surface area contributed by atoms with Crippen LogP contribution in [-0.2, 0) is 6.61 Å². The first-order chi connectivity index (χ1) is 11.5. The summed E-state index contributed by atoms with van der Waals surface area (Å²) in [7, 11) is 1.57. The summed E-state index contributed by atoms with van der Waals surface area (Å²) in [5, 5.41) is 3.64. The van der Waals surface area contributed by atoms with Gasteiger partial charge in [0, 0.05) is 28.2 Å². The monoisotopic (exact) mass is 365 g/mol. The van der Waals surface area contributed by atoms with E-state index in [1.54, 1.807) is 49.5 Å². The Labute approximate surface area is 151 Å². The third-order valence-electron chi connectivity index (χ3n) is 3.19. The maximum Gasteiger partial charge on any atom is 0.251 e. The van der Waals surface area contributed by atoms with Crippen LogP contribution in [0.15, 0.2) is 49.1 Å². The Morgan fingerprint density at radius 3 is 2.62 bits per heavy atom. The SMILES string of the molecule is C=CCOc1ccc(C(=O)NC)cc1OCc1ccc(Cl)cc1Cl. The van der Waals surface area contributed by atoms with Crippen molar-refractivity contribution in [2.24, 2.45) is 0 Å². The van der Waals surface area contributed by atoms with Crippen molar-refractivity contribution in [1.29, 1.82) is 0 Å². The van der Waals surface area contributed by atoms with E-state index in [1.165, 1.54) is 0 Å². The van der Waals surface area contributed by atoms with Crippen molar-refractivity contribution in [1.82, 2.24) is 5.32 Å². The lowest BCUT2D eigenvalue weighted by atomic mass is 10.2. The molecule has 0 fully saturated rings. The molecule has 0 saturated heterocycles. The van der Waals surface area contributed by atoms with Crippen LogP contribution >= 0.6 is 23.2 Å². The highest BCUT2D eigenvalue weighted by Gasteiger charge is 2.12. The van der Waals surface area contributed by atoms with E-state index in [1.807, 2.05) is 0 Å². The Bertz CT molecular complexity index is 747. The molecule has 0 bridgehead atoms. The fourth-order valence-corrected chi connectivity index (χ4v) is 2.43. The third-order valence-corrected chi connectivity index (χ3v) is 3.77. The Kier molecular flexibility index (Phi) is 6.53. The molecular formula is C18H17Cl2NO3. The summed E-state index contributed by atoms with van der Waals surface area (Å²) < 4.78 is 11.4. The molecule has 1 N–H and O–H groups in total. The summed E-state index contributed by atoms with van der Waals surface area (Å²) in [6.45, 7) is 4.17. The first kappa shape index (κ1) is 18.2. The number of rotatable bonds is 7. The van der Waals surface area contributed by atoms with Crippen LogP contribution in [0.4, 0.5) is 0 Å². The second-order valence-electron chi connectivity index (χ2n) is 4.86. The van der Waals surface area contributed by atoms with Gasteiger partial charge in [0.05, 0.1) is 0 Å². The van der Waals surface area contributed by atoms with E-state index in [-0.39, 0.29) is 12.5 Å². The maximum absolute atomic E-state index is 11.8. The Hall–Kier alpha value is -2.17. The van der Waals surface area contributed by atoms with Crippen LogP contribution in [0.2, 0.25) is 10.0 Å². The average molecular weight is 366 g/mol. The summed E-state index contributed by atoms with van der Waals surface area (Å²) in [5.41, 5.74) is 1.25. The summed E-state index contributed by atoms with van der Waals surface area (Å²) in [6, 6.07) is 10.2. The van der Waals surface area contributed by atoms with Crippen LogP contribution < -0.4 is 14.8 Å². The number of carbonyl (C=O) groups excluding carboxylic acids is 1. The van der Waals surface area contributed by atoms with Crippen molar-refractivity contribution in [3.8, 4) is 11.5 Å². The third kappa shape index (κ3) is 4.66. The summed E-state index contributed by atoms with van der Waals surface area (Å²) in [6.07, 6.45) is 1.63. The van der Waals surface area contributed by atoms with E-state index in [0.717, 1.165) is 5.56 Å². The molecule has 24 heavy (non-hydrogen) atoms. The standard InChI is InChI=1S/C18H17Cl2NO3/c1-3-8-23-16-7-5-12(18(22)21-2)9-17(16)24-11-13-4-6-14(19)10-15(13)20/h3-7,9-10H,1,8,11H2,2H3,(H,21,22). The normalized spacial score (nSPS) is 10.1. The van der Waals surface area contributed by atoms with Crippen LogP contribution in [0.1, 0.15) is 15.9 Å². The van der Waals surface area contributed by atoms with Crippen molar-refractivity contribution >= 4 is 29.1 Å². The molecular weight excluding hydrogens is 349 g/mol. The molecule has 1 amide bonds. The van der Waals surface area contributed by atoms with E-state index in [9.17, 15) is 4.79 Å². The lowest BCUT2D eigenvalue weighted by Gasteiger charge is -2.14. The summed E-state index contributed by atoms with van der Waals surface area (Å²) >= 11 is 12.0. The molecule has 2 aromatic carbocycles. The van der Waals surface area contributed by atoms with E-state index in [0.29, 0.717) is 33.7 Å². The minimum absolute atomic E-state index is 0.209. The van der Waals surface area contributed by atoms with Gasteiger partial charge in [0.15, 0.2) is 11.5 Å². The minimum Gasteiger partial charge on any atom is -0.486 e. The zero-order valence-corrected chi connectivity index (χ0v) is 14.7. The second kappa shape index (κ2) is 8.62. The predicted octanol–water partition coefficient (Wildman–Crippen LogP) is 4.50. The fraction of sp³-hybridized carbons (Fsp3) is 0.167. The highest BCUT2D eigenvalue weighted by molar-refractivity contribution is 6.35. The molecule has 0 unspecified atom stereocenters. The van der Waals surface area contributed by atoms with Crippen LogP contribution in [0, 0.1) is 0 Å². The van der Waals surface area contributed by atoms with Crippen molar-refractivity contribution in [2.45, 2.75) is 6.61 Å². The van der Waals surface area contributed by atoms with E-state index < -0.39 is 0 Å². The first-order valence-electron chi connectivity index (χ1n) is 7.21. The maximum atomic E-state index is 11.8. The van der Waals surface area contributed by atoms with Gasteiger partial charge in [-0.25, -0.2) is 0 Å². The van der Waals surface area contributed by atoms with Crippen molar-refractivity contribution in [3.05, 3.63) is 70.2 Å². The number of halogens is 2. The number of hydrogen-bond donors (Lipinski definition) is 1. The quantitative estimate of drug-likeness (QED) is 0.734. The minimum atomic E-state index is -0.209. The van der Waals surface area contributed by atoms with Crippen LogP contribution in [0.3, 0.4) is 0 Å². The van der Waals surface area contributed by atoms with Gasteiger partial charge in [-0.3, -0.25) is 4.79 Å². The molecule has 2 rings (SSSR count). The lowest BCUT2D eigenvalue weighted by Crippen LogP contribution is -2.17. The van der Waals surface area contributed by atoms with Crippen LogP contribution in [0.5, 0.6) is 11.5 Å². The largest absolute Gasteiger partial charge is 0.486 e. The number of hydrogen-bond acceptors (Lipinski definition) is 3. The van der Waals surface area contributed by atoms with Gasteiger partial charge in [-0.1, -0.05) is 41.9 Å². The average Bonchev–Trinajstić information content (AvgIpc) is 2.58. The van der Waals surface area contributed by atoms with E-state index in [2.05, 4.69) is 11.9 Å². The highest BCUT2D eigenvalue weighted by atomic mass is 35.5. The number of carbonyl (C=O) groups is 1. The summed E-state index contributed by atoms with van der Waals surface area (Å²) in [4.78, 5) is 11.8.